The number of allylic oxidation sites excluding steroid dienone is 6. The Morgan fingerprint density at radius 1 is 1.23 bits per heavy atom. The summed E-state index contributed by atoms with van der Waals surface area (Å²) in [6.07, 6.45) is 16.0. The molecule has 0 saturated carbocycles. The van der Waals surface area contributed by atoms with E-state index in [9.17, 15) is 4.79 Å². The lowest BCUT2D eigenvalue weighted by Gasteiger charge is -2.34. The summed E-state index contributed by atoms with van der Waals surface area (Å²) in [6.45, 7) is 11.8. The van der Waals surface area contributed by atoms with E-state index in [1.54, 1.807) is 12.3 Å². The van der Waals surface area contributed by atoms with Gasteiger partial charge in [-0.2, -0.15) is 0 Å². The van der Waals surface area contributed by atoms with Gasteiger partial charge in [-0.05, 0) is 68.4 Å². The van der Waals surface area contributed by atoms with Gasteiger partial charge < -0.3 is 37.3 Å². The monoisotopic (exact) mass is 533 g/mol. The predicted molar refractivity (Wildman–Crippen MR) is 160 cm³/mol. The molecule has 0 aromatic carbocycles. The van der Waals surface area contributed by atoms with Gasteiger partial charge in [0.15, 0.2) is 0 Å². The molecule has 7 N–H and O–H groups in total. The van der Waals surface area contributed by atoms with E-state index in [2.05, 4.69) is 15.6 Å². The van der Waals surface area contributed by atoms with Crippen LogP contribution in [0.15, 0.2) is 80.6 Å². The van der Waals surface area contributed by atoms with Crippen LogP contribution >= 0.6 is 0 Å². The molecule has 0 atom stereocenters. The van der Waals surface area contributed by atoms with E-state index in [0.29, 0.717) is 24.1 Å². The normalized spacial score (nSPS) is 19.0. The number of nitrogens with two attached hydrogens (primary N) is 2. The SMILES string of the molecule is CCN(CC)C(=O)N1CCC(CN=CC(=CN)C2=CNC3=CC=C(N=C(N)C=C(C=N)C(C)C)NC3=C2)CC1. The molecule has 10 nitrogen and oxygen atoms in total. The smallest absolute Gasteiger partial charge is 0.319 e. The van der Waals surface area contributed by atoms with Crippen molar-refractivity contribution in [3.63, 3.8) is 0 Å². The number of piperidine rings is 1. The standard InChI is InChI=1S/C29H43N9O/c1-5-37(6-2)29(39)38-11-9-21(10-12-38)17-33-18-24(16-31)23-13-26-25(34-19-23)7-8-28(35-26)36-27(32)14-22(15-30)20(3)4/h7-8,13-16,18-21,30,34-35H,5-6,9-12,17,31H2,1-4H3,(H2,32,36). The lowest BCUT2D eigenvalue weighted by atomic mass is 9.97. The molecule has 10 heteroatoms. The van der Waals surface area contributed by atoms with Gasteiger partial charge in [0.2, 0.25) is 0 Å². The fourth-order valence-electron chi connectivity index (χ4n) is 4.56. The van der Waals surface area contributed by atoms with Gasteiger partial charge in [-0.25, -0.2) is 9.79 Å². The zero-order chi connectivity index (χ0) is 28.4. The average Bonchev–Trinajstić information content (AvgIpc) is 2.94. The molecule has 3 aliphatic rings. The number of nitrogens with one attached hydrogen (secondary N) is 3. The van der Waals surface area contributed by atoms with Gasteiger partial charge in [-0.15, -0.1) is 0 Å². The van der Waals surface area contributed by atoms with Crippen LogP contribution in [-0.2, 0) is 0 Å². The fourth-order valence-corrected chi connectivity index (χ4v) is 4.56. The first-order chi connectivity index (χ1) is 18.8. The Bertz CT molecular complexity index is 1160. The molecule has 3 aliphatic heterocycles. The fraction of sp³-hybridized carbons (Fsp3) is 0.448. The molecule has 0 aromatic heterocycles. The molecule has 0 unspecified atom stereocenters. The van der Waals surface area contributed by atoms with Crippen molar-refractivity contribution in [3.05, 3.63) is 70.6 Å². The highest BCUT2D eigenvalue weighted by molar-refractivity contribution is 5.97. The number of amides is 2. The number of fused-ring (bicyclic) bond motifs is 1. The Morgan fingerprint density at radius 3 is 2.56 bits per heavy atom. The number of rotatable bonds is 10. The van der Waals surface area contributed by atoms with Crippen LogP contribution in [-0.4, -0.2) is 66.8 Å². The maximum Gasteiger partial charge on any atom is 0.319 e. The van der Waals surface area contributed by atoms with E-state index in [1.165, 1.54) is 6.21 Å². The van der Waals surface area contributed by atoms with Crippen LogP contribution in [0.1, 0.15) is 40.5 Å². The van der Waals surface area contributed by atoms with Gasteiger partial charge in [0, 0.05) is 68.7 Å². The van der Waals surface area contributed by atoms with Crippen LogP contribution in [0.3, 0.4) is 0 Å². The molecule has 0 aromatic rings. The van der Waals surface area contributed by atoms with Crippen LogP contribution in [0.2, 0.25) is 0 Å². The number of aliphatic imine (C=N–C) groups is 2. The first-order valence-corrected chi connectivity index (χ1v) is 13.7. The van der Waals surface area contributed by atoms with Crippen LogP contribution in [0.4, 0.5) is 4.79 Å². The summed E-state index contributed by atoms with van der Waals surface area (Å²) in [7, 11) is 0. The molecule has 2 amide bonds. The van der Waals surface area contributed by atoms with Gasteiger partial charge in [0.1, 0.15) is 11.7 Å². The van der Waals surface area contributed by atoms with Gasteiger partial charge in [0.25, 0.3) is 0 Å². The van der Waals surface area contributed by atoms with Gasteiger partial charge in [0.05, 0.1) is 11.4 Å². The van der Waals surface area contributed by atoms with E-state index in [0.717, 1.165) is 67.1 Å². The lowest BCUT2D eigenvalue weighted by molar-refractivity contribution is 0.137. The first kappa shape index (κ1) is 29.5. The summed E-state index contributed by atoms with van der Waals surface area (Å²) < 4.78 is 0. The van der Waals surface area contributed by atoms with Crippen molar-refractivity contribution in [2.75, 3.05) is 32.7 Å². The summed E-state index contributed by atoms with van der Waals surface area (Å²) in [5, 5.41) is 14.1. The average molecular weight is 534 g/mol. The predicted octanol–water partition coefficient (Wildman–Crippen LogP) is 3.36. The third-order valence-corrected chi connectivity index (χ3v) is 7.07. The number of carbonyl (C=O) groups excluding carboxylic acids is 1. The molecular formula is C29H43N9O. The summed E-state index contributed by atoms with van der Waals surface area (Å²) in [4.78, 5) is 25.6. The Labute approximate surface area is 232 Å². The zero-order valence-corrected chi connectivity index (χ0v) is 23.6. The molecule has 210 valence electrons. The largest absolute Gasteiger partial charge is 0.404 e. The van der Waals surface area contributed by atoms with E-state index in [4.69, 9.17) is 21.9 Å². The van der Waals surface area contributed by atoms with Crippen molar-refractivity contribution >= 4 is 24.3 Å². The maximum atomic E-state index is 12.6. The van der Waals surface area contributed by atoms with E-state index in [1.807, 2.05) is 68.1 Å². The van der Waals surface area contributed by atoms with Crippen molar-refractivity contribution in [1.82, 2.24) is 20.4 Å². The van der Waals surface area contributed by atoms with Gasteiger partial charge in [-0.3, -0.25) is 4.99 Å². The topological polar surface area (TPSA) is 148 Å². The number of carbonyl (C=O) groups is 1. The number of dihydropyridines is 2. The second-order valence-corrected chi connectivity index (χ2v) is 10.0. The number of urea groups is 1. The second-order valence-electron chi connectivity index (χ2n) is 10.0. The van der Waals surface area contributed by atoms with Crippen LogP contribution in [0, 0.1) is 17.2 Å². The Kier molecular flexibility index (Phi) is 10.7. The minimum absolute atomic E-state index is 0.138. The van der Waals surface area contributed by atoms with Crippen LogP contribution < -0.4 is 22.1 Å². The minimum atomic E-state index is 0.138. The van der Waals surface area contributed by atoms with Crippen LogP contribution in [0.25, 0.3) is 0 Å². The van der Waals surface area contributed by atoms with Gasteiger partial charge >= 0.3 is 6.03 Å². The maximum absolute atomic E-state index is 12.6. The van der Waals surface area contributed by atoms with Crippen molar-refractivity contribution < 1.29 is 4.79 Å². The molecule has 39 heavy (non-hydrogen) atoms. The highest BCUT2D eigenvalue weighted by Crippen LogP contribution is 2.23. The molecule has 1 saturated heterocycles. The Balaban J connectivity index is 1.58. The van der Waals surface area contributed by atoms with E-state index in [-0.39, 0.29) is 11.9 Å². The molecule has 0 radical (unpaired) electrons. The minimum Gasteiger partial charge on any atom is -0.404 e. The zero-order valence-electron chi connectivity index (χ0n) is 23.6. The number of hydrogen-bond donors (Lipinski definition) is 5. The third-order valence-electron chi connectivity index (χ3n) is 7.07. The van der Waals surface area contributed by atoms with Crippen molar-refractivity contribution in [2.24, 2.45) is 33.3 Å². The quantitative estimate of drug-likeness (QED) is 0.216. The van der Waals surface area contributed by atoms with Crippen molar-refractivity contribution in [2.45, 2.75) is 40.5 Å². The summed E-state index contributed by atoms with van der Waals surface area (Å²) >= 11 is 0. The van der Waals surface area contributed by atoms with Crippen molar-refractivity contribution in [1.29, 1.82) is 5.41 Å². The van der Waals surface area contributed by atoms with Gasteiger partial charge in [-0.1, -0.05) is 13.8 Å². The molecule has 0 spiro atoms. The molecule has 3 rings (SSSR count). The summed E-state index contributed by atoms with van der Waals surface area (Å²) in [5.41, 5.74) is 16.3. The van der Waals surface area contributed by atoms with E-state index < -0.39 is 0 Å². The summed E-state index contributed by atoms with van der Waals surface area (Å²) in [5.74, 6) is 1.57. The van der Waals surface area contributed by atoms with Crippen LogP contribution in [0.5, 0.6) is 0 Å². The molecule has 0 aliphatic carbocycles. The first-order valence-electron chi connectivity index (χ1n) is 13.7. The highest BCUT2D eigenvalue weighted by Gasteiger charge is 2.25. The lowest BCUT2D eigenvalue weighted by Crippen LogP contribution is -2.46. The Hall–Kier alpha value is -4.08. The second kappa shape index (κ2) is 14.2. The molecular weight excluding hydrogens is 490 g/mol. The van der Waals surface area contributed by atoms with Crippen molar-refractivity contribution in [3.8, 4) is 0 Å². The summed E-state index contributed by atoms with van der Waals surface area (Å²) in [6, 6.07) is 0.138. The molecule has 3 heterocycles. The van der Waals surface area contributed by atoms with E-state index >= 15 is 0 Å². The number of hydrogen-bond acceptors (Lipinski definition) is 7. The Morgan fingerprint density at radius 2 is 1.95 bits per heavy atom. The number of amidine groups is 1. The number of likely N-dealkylation sites (tertiary alicyclic amines) is 1. The highest BCUT2D eigenvalue weighted by atomic mass is 16.2. The molecule has 1 fully saturated rings. The number of nitrogens with zero attached hydrogens (tertiary/aromatic N) is 4. The third kappa shape index (κ3) is 7.95. The molecule has 0 bridgehead atoms.